The summed E-state index contributed by atoms with van der Waals surface area (Å²) < 4.78 is 11.2. The minimum absolute atomic E-state index is 0.240. The Balaban J connectivity index is 2.31. The monoisotopic (exact) mass is 293 g/mol. The topological polar surface area (TPSA) is 59.0 Å². The Morgan fingerprint density at radius 3 is 2.62 bits per heavy atom. The molecule has 1 saturated carbocycles. The standard InChI is InChI=1S/C16H23NO4/c1-20-14-10-6-7-11-16(14,21-2)17(15(18)19)12-13-8-4-3-5-9-13/h3-5,8-9,14H,6-7,10-12H2,1-2H3,(H,18,19). The maximum atomic E-state index is 11.8. The number of carbonyl (C=O) groups is 1. The van der Waals surface area contributed by atoms with Crippen molar-refractivity contribution < 1.29 is 19.4 Å². The first kappa shape index (κ1) is 15.8. The Morgan fingerprint density at radius 1 is 1.33 bits per heavy atom. The summed E-state index contributed by atoms with van der Waals surface area (Å²) in [5.41, 5.74) is 0.0334. The van der Waals surface area contributed by atoms with Crippen LogP contribution in [0.4, 0.5) is 4.79 Å². The number of benzene rings is 1. The minimum Gasteiger partial charge on any atom is -0.465 e. The Morgan fingerprint density at radius 2 is 2.05 bits per heavy atom. The Kier molecular flexibility index (Phi) is 5.20. The number of hydrogen-bond acceptors (Lipinski definition) is 3. The van der Waals surface area contributed by atoms with Crippen LogP contribution in [0.3, 0.4) is 0 Å². The lowest BCUT2D eigenvalue weighted by atomic mass is 9.87. The number of nitrogens with zero attached hydrogens (tertiary/aromatic N) is 1. The summed E-state index contributed by atoms with van der Waals surface area (Å²) in [6, 6.07) is 9.57. The van der Waals surface area contributed by atoms with Crippen molar-refractivity contribution in [1.82, 2.24) is 4.90 Å². The minimum atomic E-state index is -0.982. The molecular weight excluding hydrogens is 270 g/mol. The second kappa shape index (κ2) is 6.91. The summed E-state index contributed by atoms with van der Waals surface area (Å²) >= 11 is 0. The molecule has 5 nitrogen and oxygen atoms in total. The van der Waals surface area contributed by atoms with Crippen molar-refractivity contribution >= 4 is 6.09 Å². The van der Waals surface area contributed by atoms with E-state index in [9.17, 15) is 9.90 Å². The van der Waals surface area contributed by atoms with Crippen LogP contribution < -0.4 is 0 Å². The fourth-order valence-corrected chi connectivity index (χ4v) is 3.18. The van der Waals surface area contributed by atoms with Gasteiger partial charge >= 0.3 is 6.09 Å². The van der Waals surface area contributed by atoms with Crippen molar-refractivity contribution in [1.29, 1.82) is 0 Å². The third-order valence-electron chi connectivity index (χ3n) is 4.26. The van der Waals surface area contributed by atoms with E-state index in [1.54, 1.807) is 14.2 Å². The highest BCUT2D eigenvalue weighted by molar-refractivity contribution is 5.66. The van der Waals surface area contributed by atoms with Crippen molar-refractivity contribution in [3.8, 4) is 0 Å². The van der Waals surface area contributed by atoms with Gasteiger partial charge in [0.05, 0.1) is 6.54 Å². The van der Waals surface area contributed by atoms with E-state index in [-0.39, 0.29) is 6.10 Å². The lowest BCUT2D eigenvalue weighted by Gasteiger charge is -2.48. The summed E-state index contributed by atoms with van der Waals surface area (Å²) in [5, 5.41) is 9.69. The predicted molar refractivity (Wildman–Crippen MR) is 79.0 cm³/mol. The maximum Gasteiger partial charge on any atom is 0.409 e. The highest BCUT2D eigenvalue weighted by atomic mass is 16.6. The SMILES string of the molecule is COC1CCCCC1(OC)N(Cc1ccccc1)C(=O)O. The lowest BCUT2D eigenvalue weighted by molar-refractivity contribution is -0.213. The average Bonchev–Trinajstić information content (AvgIpc) is 2.53. The van der Waals surface area contributed by atoms with Crippen molar-refractivity contribution in [3.05, 3.63) is 35.9 Å². The van der Waals surface area contributed by atoms with Gasteiger partial charge in [0.2, 0.25) is 0 Å². The molecule has 1 aromatic rings. The van der Waals surface area contributed by atoms with Gasteiger partial charge in [0.1, 0.15) is 6.10 Å². The molecule has 1 aliphatic rings. The van der Waals surface area contributed by atoms with Crippen LogP contribution in [0.2, 0.25) is 0 Å². The molecule has 1 fully saturated rings. The van der Waals surface area contributed by atoms with Gasteiger partial charge in [-0.1, -0.05) is 36.8 Å². The van der Waals surface area contributed by atoms with Crippen LogP contribution in [0.15, 0.2) is 30.3 Å². The van der Waals surface area contributed by atoms with E-state index >= 15 is 0 Å². The Bertz CT molecular complexity index is 465. The molecule has 0 heterocycles. The molecule has 0 bridgehead atoms. The Hall–Kier alpha value is -1.59. The highest BCUT2D eigenvalue weighted by Gasteiger charge is 2.48. The first-order valence-corrected chi connectivity index (χ1v) is 7.26. The van der Waals surface area contributed by atoms with Crippen LogP contribution >= 0.6 is 0 Å². The van der Waals surface area contributed by atoms with Gasteiger partial charge in [0.25, 0.3) is 0 Å². The first-order valence-electron chi connectivity index (χ1n) is 7.26. The molecule has 0 radical (unpaired) electrons. The predicted octanol–water partition coefficient (Wildman–Crippen LogP) is 3.10. The van der Waals surface area contributed by atoms with Gasteiger partial charge in [0.15, 0.2) is 5.72 Å². The molecule has 0 spiro atoms. The summed E-state index contributed by atoms with van der Waals surface area (Å²) in [5.74, 6) is 0. The van der Waals surface area contributed by atoms with Crippen molar-refractivity contribution in [2.24, 2.45) is 0 Å². The van der Waals surface area contributed by atoms with Gasteiger partial charge in [0, 0.05) is 14.2 Å². The molecule has 1 amide bonds. The van der Waals surface area contributed by atoms with E-state index in [2.05, 4.69) is 0 Å². The van der Waals surface area contributed by atoms with Crippen LogP contribution in [0.25, 0.3) is 0 Å². The van der Waals surface area contributed by atoms with E-state index in [1.807, 2.05) is 30.3 Å². The summed E-state index contributed by atoms with van der Waals surface area (Å²) in [4.78, 5) is 13.2. The van der Waals surface area contributed by atoms with Crippen molar-refractivity contribution in [2.45, 2.75) is 44.1 Å². The van der Waals surface area contributed by atoms with Crippen molar-refractivity contribution in [2.75, 3.05) is 14.2 Å². The zero-order valence-corrected chi connectivity index (χ0v) is 12.6. The molecule has 5 heteroatoms. The quantitative estimate of drug-likeness (QED) is 0.847. The van der Waals surface area contributed by atoms with Crippen LogP contribution in [0.1, 0.15) is 31.2 Å². The smallest absolute Gasteiger partial charge is 0.409 e. The average molecular weight is 293 g/mol. The lowest BCUT2D eigenvalue weighted by Crippen LogP contribution is -2.61. The molecule has 2 unspecified atom stereocenters. The number of methoxy groups -OCH3 is 2. The largest absolute Gasteiger partial charge is 0.465 e. The molecule has 0 aliphatic heterocycles. The second-order valence-electron chi connectivity index (χ2n) is 5.37. The molecule has 0 aromatic heterocycles. The highest BCUT2D eigenvalue weighted by Crippen LogP contribution is 2.37. The third-order valence-corrected chi connectivity index (χ3v) is 4.26. The van der Waals surface area contributed by atoms with Gasteiger partial charge in [-0.15, -0.1) is 0 Å². The molecule has 2 atom stereocenters. The summed E-state index contributed by atoms with van der Waals surface area (Å²) in [7, 11) is 3.19. The molecule has 1 aliphatic carbocycles. The van der Waals surface area contributed by atoms with Gasteiger partial charge < -0.3 is 14.6 Å². The summed E-state index contributed by atoms with van der Waals surface area (Å²) in [6.07, 6.45) is 2.21. The number of rotatable bonds is 5. The number of amides is 1. The zero-order valence-electron chi connectivity index (χ0n) is 12.6. The number of hydrogen-bond donors (Lipinski definition) is 1. The van der Waals surface area contributed by atoms with E-state index in [0.717, 1.165) is 24.8 Å². The van der Waals surface area contributed by atoms with E-state index in [1.165, 1.54) is 4.90 Å². The van der Waals surface area contributed by atoms with Crippen LogP contribution in [0, 0.1) is 0 Å². The molecular formula is C16H23NO4. The van der Waals surface area contributed by atoms with E-state index in [0.29, 0.717) is 13.0 Å². The van der Waals surface area contributed by atoms with Gasteiger partial charge in [-0.05, 0) is 24.8 Å². The fraction of sp³-hybridized carbons (Fsp3) is 0.562. The fourth-order valence-electron chi connectivity index (χ4n) is 3.18. The molecule has 2 rings (SSSR count). The second-order valence-corrected chi connectivity index (χ2v) is 5.37. The Labute approximate surface area is 125 Å². The maximum absolute atomic E-state index is 11.8. The third kappa shape index (κ3) is 3.19. The number of ether oxygens (including phenoxy) is 2. The van der Waals surface area contributed by atoms with Gasteiger partial charge in [-0.25, -0.2) is 4.79 Å². The van der Waals surface area contributed by atoms with Crippen LogP contribution in [-0.2, 0) is 16.0 Å². The van der Waals surface area contributed by atoms with Crippen LogP contribution in [0.5, 0.6) is 0 Å². The first-order chi connectivity index (χ1) is 10.1. The molecule has 116 valence electrons. The number of carboxylic acid groups (broad SMARTS) is 1. The molecule has 21 heavy (non-hydrogen) atoms. The zero-order chi connectivity index (χ0) is 15.3. The van der Waals surface area contributed by atoms with E-state index < -0.39 is 11.8 Å². The summed E-state index contributed by atoms with van der Waals surface area (Å²) in [6.45, 7) is 0.296. The normalized spacial score (nSPS) is 25.5. The van der Waals surface area contributed by atoms with Gasteiger partial charge in [-0.2, -0.15) is 0 Å². The molecule has 0 saturated heterocycles. The van der Waals surface area contributed by atoms with Crippen LogP contribution in [-0.4, -0.2) is 42.1 Å². The van der Waals surface area contributed by atoms with E-state index in [4.69, 9.17) is 9.47 Å². The van der Waals surface area contributed by atoms with Gasteiger partial charge in [-0.3, -0.25) is 4.90 Å². The van der Waals surface area contributed by atoms with Crippen molar-refractivity contribution in [3.63, 3.8) is 0 Å². The molecule has 1 aromatic carbocycles. The molecule has 1 N–H and O–H groups in total.